The highest BCUT2D eigenvalue weighted by atomic mass is 16.2. The maximum Gasteiger partial charge on any atom is 0.332 e. The summed E-state index contributed by atoms with van der Waals surface area (Å²) >= 11 is 0. The van der Waals surface area contributed by atoms with Crippen LogP contribution in [0.5, 0.6) is 0 Å². The number of primary amides is 1. The number of hydrogen-bond acceptors (Lipinski definition) is 4. The summed E-state index contributed by atoms with van der Waals surface area (Å²) in [6, 6.07) is -1.41. The highest BCUT2D eigenvalue weighted by Gasteiger charge is 2.44. The molecule has 5 N–H and O–H groups in total. The van der Waals surface area contributed by atoms with Gasteiger partial charge in [0.15, 0.2) is 5.54 Å². The van der Waals surface area contributed by atoms with E-state index in [1.54, 1.807) is 0 Å². The Hall–Kier alpha value is -2.12. The van der Waals surface area contributed by atoms with Crippen LogP contribution < -0.4 is 21.8 Å². The van der Waals surface area contributed by atoms with Crippen molar-refractivity contribution in [2.75, 3.05) is 0 Å². The average Bonchev–Trinajstić information content (AvgIpc) is 2.51. The molecule has 17 heavy (non-hydrogen) atoms. The minimum absolute atomic E-state index is 0.408. The van der Waals surface area contributed by atoms with Crippen LogP contribution in [-0.4, -0.2) is 29.7 Å². The Labute approximate surface area is 98.0 Å². The summed E-state index contributed by atoms with van der Waals surface area (Å²) in [4.78, 5) is 33.2. The molecular formula is C9H15N5O3. The van der Waals surface area contributed by atoms with E-state index >= 15 is 0 Å². The van der Waals surface area contributed by atoms with Crippen molar-refractivity contribution < 1.29 is 14.4 Å². The van der Waals surface area contributed by atoms with Gasteiger partial charge in [-0.3, -0.25) is 10.1 Å². The summed E-state index contributed by atoms with van der Waals surface area (Å²) in [5.41, 5.74) is 5.62. The predicted octanol–water partition coefficient (Wildman–Crippen LogP) is -0.591. The lowest BCUT2D eigenvalue weighted by Crippen LogP contribution is -2.49. The van der Waals surface area contributed by atoms with E-state index in [1.165, 1.54) is 6.21 Å². The van der Waals surface area contributed by atoms with Gasteiger partial charge in [-0.05, 0) is 6.42 Å². The number of carbonyl (C=O) groups is 3. The van der Waals surface area contributed by atoms with Gasteiger partial charge < -0.3 is 11.1 Å². The molecule has 0 spiro atoms. The van der Waals surface area contributed by atoms with E-state index in [0.717, 1.165) is 12.8 Å². The zero-order valence-electron chi connectivity index (χ0n) is 9.45. The molecular weight excluding hydrogens is 226 g/mol. The van der Waals surface area contributed by atoms with Crippen molar-refractivity contribution >= 4 is 24.2 Å². The molecule has 1 heterocycles. The van der Waals surface area contributed by atoms with E-state index in [-0.39, 0.29) is 0 Å². The highest BCUT2D eigenvalue weighted by molar-refractivity contribution is 6.16. The number of carbonyl (C=O) groups excluding carboxylic acids is 3. The first-order chi connectivity index (χ1) is 8.00. The van der Waals surface area contributed by atoms with Crippen LogP contribution in [0.3, 0.4) is 0 Å². The maximum absolute atomic E-state index is 11.7. The third-order valence-electron chi connectivity index (χ3n) is 2.35. The average molecular weight is 241 g/mol. The standard InChI is InChI=1S/C9H15N5O3/c1-2-3-4-9(5-11-14-7(10)16)6(15)12-8(17)13-9/h5H,2-4H2,1H3,(H3,10,14,16)(H2,12,13,15,17)/b11-5+/t9-/m0/s1. The summed E-state index contributed by atoms with van der Waals surface area (Å²) in [5.74, 6) is -0.481. The van der Waals surface area contributed by atoms with Crippen molar-refractivity contribution in [3.8, 4) is 0 Å². The van der Waals surface area contributed by atoms with Gasteiger partial charge in [-0.1, -0.05) is 19.8 Å². The van der Waals surface area contributed by atoms with Crippen LogP contribution in [0.2, 0.25) is 0 Å². The topological polar surface area (TPSA) is 126 Å². The number of nitrogens with zero attached hydrogens (tertiary/aromatic N) is 1. The van der Waals surface area contributed by atoms with Crippen LogP contribution in [-0.2, 0) is 4.79 Å². The SMILES string of the molecule is CCCC[C@@]1(/C=N/NC(N)=O)NC(=O)NC1=O. The minimum atomic E-state index is -1.20. The summed E-state index contributed by atoms with van der Waals surface area (Å²) in [7, 11) is 0. The van der Waals surface area contributed by atoms with Crippen LogP contribution in [0.15, 0.2) is 5.10 Å². The summed E-state index contributed by atoms with van der Waals surface area (Å²) in [6.07, 6.45) is 3.19. The van der Waals surface area contributed by atoms with Crippen LogP contribution in [0, 0.1) is 0 Å². The Morgan fingerprint density at radius 3 is 2.76 bits per heavy atom. The summed E-state index contributed by atoms with van der Waals surface area (Å²) in [6.45, 7) is 1.96. The number of urea groups is 2. The first-order valence-electron chi connectivity index (χ1n) is 5.23. The van der Waals surface area contributed by atoms with E-state index in [2.05, 4.69) is 15.7 Å². The molecule has 5 amide bonds. The van der Waals surface area contributed by atoms with Gasteiger partial charge in [0.25, 0.3) is 5.91 Å². The van der Waals surface area contributed by atoms with E-state index < -0.39 is 23.5 Å². The second-order valence-electron chi connectivity index (χ2n) is 3.72. The predicted molar refractivity (Wildman–Crippen MR) is 60.1 cm³/mol. The molecule has 0 bridgehead atoms. The van der Waals surface area contributed by atoms with Crippen LogP contribution in [0.25, 0.3) is 0 Å². The summed E-state index contributed by atoms with van der Waals surface area (Å²) < 4.78 is 0. The molecule has 94 valence electrons. The molecule has 1 rings (SSSR count). The van der Waals surface area contributed by atoms with E-state index in [9.17, 15) is 14.4 Å². The molecule has 1 aliphatic rings. The number of hydrogen-bond donors (Lipinski definition) is 4. The smallest absolute Gasteiger partial charge is 0.332 e. The third-order valence-corrected chi connectivity index (χ3v) is 2.35. The van der Waals surface area contributed by atoms with Crippen molar-refractivity contribution in [3.05, 3.63) is 0 Å². The largest absolute Gasteiger partial charge is 0.350 e. The van der Waals surface area contributed by atoms with Crippen molar-refractivity contribution in [2.24, 2.45) is 10.8 Å². The van der Waals surface area contributed by atoms with Crippen molar-refractivity contribution in [3.63, 3.8) is 0 Å². The quantitative estimate of drug-likeness (QED) is 0.292. The van der Waals surface area contributed by atoms with Gasteiger partial charge in [0.1, 0.15) is 0 Å². The fourth-order valence-corrected chi connectivity index (χ4v) is 1.50. The number of imide groups is 1. The number of nitrogens with one attached hydrogen (secondary N) is 3. The van der Waals surface area contributed by atoms with Gasteiger partial charge in [-0.25, -0.2) is 15.0 Å². The van der Waals surface area contributed by atoms with Gasteiger partial charge >= 0.3 is 12.1 Å². The molecule has 0 aromatic carbocycles. The minimum Gasteiger partial charge on any atom is -0.350 e. The third kappa shape index (κ3) is 3.16. The normalized spacial score (nSPS) is 23.6. The van der Waals surface area contributed by atoms with Crippen molar-refractivity contribution in [1.29, 1.82) is 0 Å². The van der Waals surface area contributed by atoms with Gasteiger partial charge in [0.2, 0.25) is 0 Å². The molecule has 1 aliphatic heterocycles. The van der Waals surface area contributed by atoms with E-state index in [1.807, 2.05) is 12.3 Å². The lowest BCUT2D eigenvalue weighted by Gasteiger charge is -2.20. The fraction of sp³-hybridized carbons (Fsp3) is 0.556. The molecule has 1 fully saturated rings. The van der Waals surface area contributed by atoms with Crippen LogP contribution in [0.4, 0.5) is 9.59 Å². The first-order valence-corrected chi connectivity index (χ1v) is 5.23. The molecule has 0 aromatic rings. The van der Waals surface area contributed by atoms with Gasteiger partial charge in [-0.2, -0.15) is 5.10 Å². The zero-order chi connectivity index (χ0) is 12.9. The number of unbranched alkanes of at least 4 members (excludes halogenated alkanes) is 1. The molecule has 8 nitrogen and oxygen atoms in total. The number of nitrogens with two attached hydrogens (primary N) is 1. The second kappa shape index (κ2) is 5.28. The molecule has 0 aliphatic carbocycles. The highest BCUT2D eigenvalue weighted by Crippen LogP contribution is 2.16. The van der Waals surface area contributed by atoms with Gasteiger partial charge in [0.05, 0.1) is 6.21 Å². The Bertz CT molecular complexity index is 368. The first kappa shape index (κ1) is 12.9. The van der Waals surface area contributed by atoms with Crippen molar-refractivity contribution in [2.45, 2.75) is 31.7 Å². The number of amides is 5. The van der Waals surface area contributed by atoms with Gasteiger partial charge in [0, 0.05) is 0 Å². The molecule has 1 atom stereocenters. The second-order valence-corrected chi connectivity index (χ2v) is 3.72. The van der Waals surface area contributed by atoms with Gasteiger partial charge in [-0.15, -0.1) is 0 Å². The lowest BCUT2D eigenvalue weighted by atomic mass is 9.94. The maximum atomic E-state index is 11.7. The van der Waals surface area contributed by atoms with E-state index in [4.69, 9.17) is 5.73 Å². The molecule has 0 radical (unpaired) electrons. The summed E-state index contributed by atoms with van der Waals surface area (Å²) in [5, 5.41) is 8.15. The molecule has 0 aromatic heterocycles. The van der Waals surface area contributed by atoms with Crippen LogP contribution in [0.1, 0.15) is 26.2 Å². The lowest BCUT2D eigenvalue weighted by molar-refractivity contribution is -0.121. The monoisotopic (exact) mass is 241 g/mol. The Morgan fingerprint density at radius 2 is 2.29 bits per heavy atom. The van der Waals surface area contributed by atoms with Crippen molar-refractivity contribution in [1.82, 2.24) is 16.1 Å². The van der Waals surface area contributed by atoms with E-state index in [0.29, 0.717) is 6.42 Å². The number of hydrazone groups is 1. The molecule has 0 unspecified atom stereocenters. The fourth-order valence-electron chi connectivity index (χ4n) is 1.50. The zero-order valence-corrected chi connectivity index (χ0v) is 9.45. The Kier molecular flexibility index (Phi) is 4.02. The number of rotatable bonds is 5. The molecule has 1 saturated heterocycles. The Morgan fingerprint density at radius 1 is 1.59 bits per heavy atom. The molecule has 8 heteroatoms. The Balaban J connectivity index is 2.79. The van der Waals surface area contributed by atoms with Crippen LogP contribution >= 0.6 is 0 Å². The molecule has 0 saturated carbocycles.